The van der Waals surface area contributed by atoms with Crippen molar-refractivity contribution in [3.63, 3.8) is 0 Å². The molecule has 31 heavy (non-hydrogen) atoms. The van der Waals surface area contributed by atoms with Crippen LogP contribution in [0.4, 0.5) is 10.8 Å². The minimum absolute atomic E-state index is 0.0652. The van der Waals surface area contributed by atoms with E-state index in [1.807, 2.05) is 72.1 Å². The van der Waals surface area contributed by atoms with Crippen molar-refractivity contribution in [1.82, 2.24) is 4.98 Å². The van der Waals surface area contributed by atoms with Crippen molar-refractivity contribution in [2.24, 2.45) is 5.41 Å². The lowest BCUT2D eigenvalue weighted by Crippen LogP contribution is -2.40. The molecule has 4 nitrogen and oxygen atoms in total. The summed E-state index contributed by atoms with van der Waals surface area (Å²) in [4.78, 5) is 20.1. The molecule has 0 spiro atoms. The van der Waals surface area contributed by atoms with Crippen LogP contribution in [0.5, 0.6) is 11.5 Å². The molecule has 3 aromatic carbocycles. The molecule has 0 fully saturated rings. The van der Waals surface area contributed by atoms with E-state index in [-0.39, 0.29) is 5.91 Å². The monoisotopic (exact) mass is 426 g/mol. The van der Waals surface area contributed by atoms with Crippen LogP contribution in [0.15, 0.2) is 90.4 Å². The second kappa shape index (κ2) is 8.00. The van der Waals surface area contributed by atoms with Gasteiger partial charge in [-0.1, -0.05) is 49.4 Å². The van der Waals surface area contributed by atoms with Crippen LogP contribution in [0.25, 0.3) is 0 Å². The average molecular weight is 427 g/mol. The standard InChI is InChI=1S/C26H22N2O2S/c1-26(24(29)28(25-27-14-15-31-25)21-8-4-2-5-9-21)17-19-12-13-23(16-20(19)18-26)30-22-10-6-3-7-11-22/h2-16H,17-18H2,1H3. The number of hydrogen-bond donors (Lipinski definition) is 0. The fourth-order valence-electron chi connectivity index (χ4n) is 4.17. The number of nitrogens with zero attached hydrogens (tertiary/aromatic N) is 2. The molecule has 0 N–H and O–H groups in total. The number of carbonyl (C=O) groups excluding carboxylic acids is 1. The van der Waals surface area contributed by atoms with Gasteiger partial charge in [0.05, 0.1) is 11.1 Å². The molecule has 0 aliphatic heterocycles. The van der Waals surface area contributed by atoms with Crippen LogP contribution in [-0.2, 0) is 17.6 Å². The van der Waals surface area contributed by atoms with Crippen molar-refractivity contribution >= 4 is 28.1 Å². The molecule has 1 aliphatic carbocycles. The molecule has 4 aromatic rings. The number of anilines is 2. The van der Waals surface area contributed by atoms with E-state index in [9.17, 15) is 4.79 Å². The number of benzene rings is 3. The van der Waals surface area contributed by atoms with Gasteiger partial charge in [-0.25, -0.2) is 4.98 Å². The van der Waals surface area contributed by atoms with Crippen LogP contribution >= 0.6 is 11.3 Å². The van der Waals surface area contributed by atoms with Crippen LogP contribution in [0.2, 0.25) is 0 Å². The molecule has 5 rings (SSSR count). The van der Waals surface area contributed by atoms with Crippen molar-refractivity contribution in [2.45, 2.75) is 19.8 Å². The number of amides is 1. The third-order valence-electron chi connectivity index (χ3n) is 5.66. The number of para-hydroxylation sites is 2. The topological polar surface area (TPSA) is 42.4 Å². The number of ether oxygens (including phenoxy) is 1. The first kappa shape index (κ1) is 19.5. The molecule has 1 amide bonds. The molecule has 5 heteroatoms. The first-order valence-corrected chi connectivity index (χ1v) is 11.1. The number of hydrogen-bond acceptors (Lipinski definition) is 4. The van der Waals surface area contributed by atoms with E-state index in [1.165, 1.54) is 16.9 Å². The molecular formula is C26H22N2O2S. The molecule has 0 saturated carbocycles. The van der Waals surface area contributed by atoms with E-state index in [1.54, 1.807) is 11.1 Å². The Bertz CT molecular complexity index is 1190. The lowest BCUT2D eigenvalue weighted by atomic mass is 9.85. The number of aromatic nitrogens is 1. The minimum atomic E-state index is -0.546. The SMILES string of the molecule is CC1(C(=O)N(c2ccccc2)c2nccs2)Cc2ccc(Oc3ccccc3)cc2C1. The van der Waals surface area contributed by atoms with Gasteiger partial charge in [0.2, 0.25) is 5.91 Å². The number of thiazole rings is 1. The Kier molecular flexibility index (Phi) is 5.04. The summed E-state index contributed by atoms with van der Waals surface area (Å²) >= 11 is 1.47. The van der Waals surface area contributed by atoms with Crippen molar-refractivity contribution in [2.75, 3.05) is 4.90 Å². The molecule has 1 unspecified atom stereocenters. The number of fused-ring (bicyclic) bond motifs is 1. The molecule has 0 radical (unpaired) electrons. The van der Waals surface area contributed by atoms with E-state index >= 15 is 0 Å². The van der Waals surface area contributed by atoms with Gasteiger partial charge in [0.15, 0.2) is 5.13 Å². The minimum Gasteiger partial charge on any atom is -0.457 e. The van der Waals surface area contributed by atoms with Crippen LogP contribution in [-0.4, -0.2) is 10.9 Å². The van der Waals surface area contributed by atoms with Gasteiger partial charge in [0, 0.05) is 11.6 Å². The summed E-state index contributed by atoms with van der Waals surface area (Å²) in [6, 6.07) is 25.6. The summed E-state index contributed by atoms with van der Waals surface area (Å²) in [5, 5.41) is 2.60. The van der Waals surface area contributed by atoms with Gasteiger partial charge in [-0.05, 0) is 60.4 Å². The molecule has 0 saturated heterocycles. The van der Waals surface area contributed by atoms with E-state index in [4.69, 9.17) is 4.74 Å². The van der Waals surface area contributed by atoms with Crippen molar-refractivity contribution < 1.29 is 9.53 Å². The highest BCUT2D eigenvalue weighted by atomic mass is 32.1. The highest BCUT2D eigenvalue weighted by Gasteiger charge is 2.43. The predicted molar refractivity (Wildman–Crippen MR) is 124 cm³/mol. The lowest BCUT2D eigenvalue weighted by Gasteiger charge is -2.30. The maximum Gasteiger partial charge on any atom is 0.239 e. The van der Waals surface area contributed by atoms with Gasteiger partial charge in [-0.15, -0.1) is 11.3 Å². The Labute approximate surface area is 185 Å². The molecule has 1 aliphatic rings. The fraction of sp³-hybridized carbons (Fsp3) is 0.154. The van der Waals surface area contributed by atoms with E-state index in [0.29, 0.717) is 18.0 Å². The van der Waals surface area contributed by atoms with Crippen LogP contribution in [0.3, 0.4) is 0 Å². The Morgan fingerprint density at radius 1 is 0.935 bits per heavy atom. The number of carbonyl (C=O) groups is 1. The predicted octanol–water partition coefficient (Wildman–Crippen LogP) is 6.41. The van der Waals surface area contributed by atoms with Crippen LogP contribution < -0.4 is 9.64 Å². The summed E-state index contributed by atoms with van der Waals surface area (Å²) in [7, 11) is 0. The van der Waals surface area contributed by atoms with E-state index in [0.717, 1.165) is 22.7 Å². The van der Waals surface area contributed by atoms with Gasteiger partial charge < -0.3 is 4.74 Å². The summed E-state index contributed by atoms with van der Waals surface area (Å²) in [6.45, 7) is 2.05. The summed E-state index contributed by atoms with van der Waals surface area (Å²) < 4.78 is 6.00. The molecule has 1 heterocycles. The van der Waals surface area contributed by atoms with E-state index < -0.39 is 5.41 Å². The zero-order chi connectivity index (χ0) is 21.3. The number of rotatable bonds is 5. The highest BCUT2D eigenvalue weighted by molar-refractivity contribution is 7.13. The molecular weight excluding hydrogens is 404 g/mol. The quantitative estimate of drug-likeness (QED) is 0.370. The van der Waals surface area contributed by atoms with Crippen molar-refractivity contribution in [1.29, 1.82) is 0 Å². The van der Waals surface area contributed by atoms with Crippen molar-refractivity contribution in [3.8, 4) is 11.5 Å². The Morgan fingerprint density at radius 2 is 1.65 bits per heavy atom. The summed E-state index contributed by atoms with van der Waals surface area (Å²) in [5.41, 5.74) is 2.66. The molecule has 154 valence electrons. The Balaban J connectivity index is 1.43. The third kappa shape index (κ3) is 3.84. The highest BCUT2D eigenvalue weighted by Crippen LogP contribution is 2.42. The van der Waals surface area contributed by atoms with E-state index in [2.05, 4.69) is 24.0 Å². The first-order chi connectivity index (χ1) is 15.1. The lowest BCUT2D eigenvalue weighted by molar-refractivity contribution is -0.126. The second-order valence-corrected chi connectivity index (χ2v) is 8.92. The van der Waals surface area contributed by atoms with Crippen LogP contribution in [0.1, 0.15) is 18.1 Å². The maximum atomic E-state index is 13.9. The fourth-order valence-corrected chi connectivity index (χ4v) is 4.83. The van der Waals surface area contributed by atoms with Crippen molar-refractivity contribution in [3.05, 3.63) is 102 Å². The van der Waals surface area contributed by atoms with Gasteiger partial charge in [-0.2, -0.15) is 0 Å². The normalized spacial score (nSPS) is 17.2. The van der Waals surface area contributed by atoms with Gasteiger partial charge in [0.25, 0.3) is 0 Å². The average Bonchev–Trinajstić information content (AvgIpc) is 3.43. The largest absolute Gasteiger partial charge is 0.457 e. The zero-order valence-electron chi connectivity index (χ0n) is 17.2. The van der Waals surface area contributed by atoms with Gasteiger partial charge >= 0.3 is 0 Å². The Hall–Kier alpha value is -3.44. The maximum absolute atomic E-state index is 13.9. The van der Waals surface area contributed by atoms with Gasteiger partial charge in [0.1, 0.15) is 11.5 Å². The zero-order valence-corrected chi connectivity index (χ0v) is 18.0. The Morgan fingerprint density at radius 3 is 2.35 bits per heavy atom. The summed E-state index contributed by atoms with van der Waals surface area (Å²) in [5.74, 6) is 1.66. The second-order valence-electron chi connectivity index (χ2n) is 8.05. The smallest absolute Gasteiger partial charge is 0.239 e. The molecule has 0 bridgehead atoms. The van der Waals surface area contributed by atoms with Crippen LogP contribution in [0, 0.1) is 5.41 Å². The molecule has 1 aromatic heterocycles. The summed E-state index contributed by atoms with van der Waals surface area (Å²) in [6.07, 6.45) is 3.10. The first-order valence-electron chi connectivity index (χ1n) is 10.3. The van der Waals surface area contributed by atoms with Gasteiger partial charge in [-0.3, -0.25) is 9.69 Å². The molecule has 1 atom stereocenters. The third-order valence-corrected chi connectivity index (χ3v) is 6.42.